The summed E-state index contributed by atoms with van der Waals surface area (Å²) in [5.74, 6) is 2.22. The molecule has 4 aromatic rings. The van der Waals surface area contributed by atoms with Crippen LogP contribution in [0.15, 0.2) is 65.1 Å². The van der Waals surface area contributed by atoms with Gasteiger partial charge in [0.25, 0.3) is 0 Å². The van der Waals surface area contributed by atoms with Crippen molar-refractivity contribution in [1.29, 1.82) is 0 Å². The minimum Gasteiger partial charge on any atom is -0.493 e. The van der Waals surface area contributed by atoms with Crippen LogP contribution in [0.2, 0.25) is 5.02 Å². The lowest BCUT2D eigenvalue weighted by molar-refractivity contribution is 0.282. The molecule has 4 rings (SSSR count). The number of aromatic amines is 1. The Labute approximate surface area is 188 Å². The van der Waals surface area contributed by atoms with Crippen LogP contribution in [0.1, 0.15) is 17.0 Å². The summed E-state index contributed by atoms with van der Waals surface area (Å²) >= 11 is 9.83. The second-order valence-corrected chi connectivity index (χ2v) is 8.05. The smallest absolute Gasteiger partial charge is 0.175 e. The lowest BCUT2D eigenvalue weighted by Crippen LogP contribution is -2.14. The Morgan fingerprint density at radius 3 is 2.67 bits per heavy atom. The van der Waals surface area contributed by atoms with E-state index in [1.165, 1.54) is 0 Å². The third kappa shape index (κ3) is 4.78. The number of fused-ring (bicyclic) bond motifs is 1. The number of rotatable bonds is 8. The van der Waals surface area contributed by atoms with Gasteiger partial charge in [-0.15, -0.1) is 0 Å². The van der Waals surface area contributed by atoms with Gasteiger partial charge in [0.15, 0.2) is 11.5 Å². The van der Waals surface area contributed by atoms with Crippen LogP contribution in [0, 0.1) is 0 Å². The number of aromatic nitrogens is 2. The van der Waals surface area contributed by atoms with E-state index in [0.717, 1.165) is 32.5 Å². The number of hydrogen-bond acceptors (Lipinski definition) is 4. The van der Waals surface area contributed by atoms with Crippen LogP contribution < -0.4 is 14.8 Å². The van der Waals surface area contributed by atoms with E-state index in [1.54, 1.807) is 7.11 Å². The Morgan fingerprint density at radius 2 is 1.87 bits per heavy atom. The number of nitrogens with zero attached hydrogens (tertiary/aromatic N) is 1. The minimum absolute atomic E-state index is 0.359. The molecule has 7 heteroatoms. The molecule has 154 valence electrons. The number of H-pyrrole nitrogens is 1. The van der Waals surface area contributed by atoms with Gasteiger partial charge >= 0.3 is 0 Å². The average Bonchev–Trinajstić information content (AvgIpc) is 3.16. The molecule has 30 heavy (non-hydrogen) atoms. The Bertz CT molecular complexity index is 1130. The second kappa shape index (κ2) is 9.51. The van der Waals surface area contributed by atoms with Crippen molar-refractivity contribution >= 4 is 38.6 Å². The van der Waals surface area contributed by atoms with Crippen LogP contribution in [0.5, 0.6) is 11.5 Å². The molecule has 1 heterocycles. The van der Waals surface area contributed by atoms with Crippen molar-refractivity contribution in [3.05, 3.63) is 87.1 Å². The molecule has 1 aromatic heterocycles. The van der Waals surface area contributed by atoms with Gasteiger partial charge in [0.05, 0.1) is 29.2 Å². The zero-order valence-electron chi connectivity index (χ0n) is 16.4. The number of benzene rings is 3. The van der Waals surface area contributed by atoms with Gasteiger partial charge < -0.3 is 19.8 Å². The topological polar surface area (TPSA) is 59.2 Å². The Balaban J connectivity index is 1.41. The van der Waals surface area contributed by atoms with E-state index in [0.29, 0.717) is 36.2 Å². The molecular formula is C23H21BrClN3O2. The number of halogens is 2. The average molecular weight is 487 g/mol. The lowest BCUT2D eigenvalue weighted by atomic mass is 10.2. The highest BCUT2D eigenvalue weighted by molar-refractivity contribution is 9.10. The van der Waals surface area contributed by atoms with Crippen LogP contribution in [0.25, 0.3) is 11.0 Å². The van der Waals surface area contributed by atoms with Gasteiger partial charge in [-0.3, -0.25) is 0 Å². The highest BCUT2D eigenvalue weighted by Crippen LogP contribution is 2.37. The van der Waals surface area contributed by atoms with Gasteiger partial charge in [0.2, 0.25) is 0 Å². The zero-order chi connectivity index (χ0) is 20.9. The molecule has 0 saturated heterocycles. The first kappa shape index (κ1) is 20.7. The van der Waals surface area contributed by atoms with Gasteiger partial charge in [0, 0.05) is 17.1 Å². The Kier molecular flexibility index (Phi) is 6.57. The first-order chi connectivity index (χ1) is 14.6. The molecular weight excluding hydrogens is 466 g/mol. The molecule has 2 N–H and O–H groups in total. The van der Waals surface area contributed by atoms with Crippen molar-refractivity contribution < 1.29 is 9.47 Å². The maximum absolute atomic E-state index is 6.22. The van der Waals surface area contributed by atoms with Crippen LogP contribution in [0.4, 0.5) is 0 Å². The third-order valence-electron chi connectivity index (χ3n) is 4.68. The van der Waals surface area contributed by atoms with Gasteiger partial charge in [-0.2, -0.15) is 0 Å². The van der Waals surface area contributed by atoms with E-state index < -0.39 is 0 Å². The van der Waals surface area contributed by atoms with Crippen LogP contribution >= 0.6 is 27.5 Å². The Morgan fingerprint density at radius 1 is 1.07 bits per heavy atom. The Hall–Kier alpha value is -2.54. The molecule has 0 aliphatic carbocycles. The van der Waals surface area contributed by atoms with Gasteiger partial charge in [0.1, 0.15) is 12.4 Å². The third-order valence-corrected chi connectivity index (χ3v) is 5.64. The van der Waals surface area contributed by atoms with Crippen LogP contribution in [0.3, 0.4) is 0 Å². The molecule has 0 saturated carbocycles. The van der Waals surface area contributed by atoms with Crippen molar-refractivity contribution in [3.8, 4) is 11.5 Å². The predicted octanol–water partition coefficient (Wildman–Crippen LogP) is 5.86. The summed E-state index contributed by atoms with van der Waals surface area (Å²) in [4.78, 5) is 7.91. The first-order valence-electron chi connectivity index (χ1n) is 9.51. The molecule has 5 nitrogen and oxygen atoms in total. The van der Waals surface area contributed by atoms with Gasteiger partial charge in [-0.1, -0.05) is 41.9 Å². The van der Waals surface area contributed by atoms with Crippen molar-refractivity contribution in [2.24, 2.45) is 0 Å². The molecule has 0 bridgehead atoms. The number of hydrogen-bond donors (Lipinski definition) is 2. The lowest BCUT2D eigenvalue weighted by Gasteiger charge is -2.15. The molecule has 3 aromatic carbocycles. The summed E-state index contributed by atoms with van der Waals surface area (Å²) in [7, 11) is 1.63. The summed E-state index contributed by atoms with van der Waals surface area (Å²) in [6.07, 6.45) is 0. The highest BCUT2D eigenvalue weighted by Gasteiger charge is 2.13. The molecule has 0 atom stereocenters. The summed E-state index contributed by atoms with van der Waals surface area (Å²) in [5.41, 5.74) is 4.00. The molecule has 0 aliphatic heterocycles. The fraction of sp³-hybridized carbons (Fsp3) is 0.174. The molecule has 0 amide bonds. The van der Waals surface area contributed by atoms with E-state index in [9.17, 15) is 0 Å². The van der Waals surface area contributed by atoms with Crippen molar-refractivity contribution in [2.45, 2.75) is 19.7 Å². The van der Waals surface area contributed by atoms with Crippen LogP contribution in [-0.2, 0) is 19.7 Å². The van der Waals surface area contributed by atoms with Gasteiger partial charge in [-0.25, -0.2) is 4.98 Å². The maximum Gasteiger partial charge on any atom is 0.175 e. The fourth-order valence-electron chi connectivity index (χ4n) is 3.20. The quantitative estimate of drug-likeness (QED) is 0.328. The highest BCUT2D eigenvalue weighted by atomic mass is 79.9. The monoisotopic (exact) mass is 485 g/mol. The number of para-hydroxylation sites is 2. The van der Waals surface area contributed by atoms with E-state index in [4.69, 9.17) is 21.1 Å². The van der Waals surface area contributed by atoms with Crippen molar-refractivity contribution in [3.63, 3.8) is 0 Å². The largest absolute Gasteiger partial charge is 0.493 e. The van der Waals surface area contributed by atoms with Gasteiger partial charge in [-0.05, 0) is 51.8 Å². The first-order valence-corrected chi connectivity index (χ1v) is 10.7. The molecule has 0 fully saturated rings. The van der Waals surface area contributed by atoms with Crippen molar-refractivity contribution in [2.75, 3.05) is 7.11 Å². The minimum atomic E-state index is 0.359. The molecule has 0 spiro atoms. The SMILES string of the molecule is COc1cc(CNCc2nc3ccccc3[nH]2)cc(Br)c1OCc1ccccc1Cl. The number of methoxy groups -OCH3 is 1. The summed E-state index contributed by atoms with van der Waals surface area (Å²) in [6.45, 7) is 1.66. The van der Waals surface area contributed by atoms with E-state index in [2.05, 4.69) is 31.2 Å². The summed E-state index contributed by atoms with van der Waals surface area (Å²) in [6, 6.07) is 19.6. The zero-order valence-corrected chi connectivity index (χ0v) is 18.8. The number of imidazole rings is 1. The van der Waals surface area contributed by atoms with Crippen LogP contribution in [-0.4, -0.2) is 17.1 Å². The summed E-state index contributed by atoms with van der Waals surface area (Å²) in [5, 5.41) is 4.09. The molecule has 0 unspecified atom stereocenters. The number of ether oxygens (including phenoxy) is 2. The molecule has 0 radical (unpaired) electrons. The normalized spacial score (nSPS) is 11.0. The van der Waals surface area contributed by atoms with E-state index >= 15 is 0 Å². The number of nitrogens with one attached hydrogen (secondary N) is 2. The second-order valence-electron chi connectivity index (χ2n) is 6.79. The fourth-order valence-corrected chi connectivity index (χ4v) is 3.99. The maximum atomic E-state index is 6.22. The molecule has 0 aliphatic rings. The van der Waals surface area contributed by atoms with E-state index in [-0.39, 0.29) is 0 Å². The predicted molar refractivity (Wildman–Crippen MR) is 123 cm³/mol. The summed E-state index contributed by atoms with van der Waals surface area (Å²) < 4.78 is 12.4. The van der Waals surface area contributed by atoms with E-state index in [1.807, 2.05) is 60.7 Å². The standard InChI is InChI=1S/C23H21BrClN3O2/c1-29-21-11-15(12-26-13-22-27-19-8-4-5-9-20(19)28-22)10-17(24)23(21)30-14-16-6-2-3-7-18(16)25/h2-11,26H,12-14H2,1H3,(H,27,28). The van der Waals surface area contributed by atoms with Crippen molar-refractivity contribution in [1.82, 2.24) is 15.3 Å².